The molecule has 1 nitrogen and oxygen atoms in total. The van der Waals surface area contributed by atoms with Crippen molar-refractivity contribution in [1.82, 2.24) is 5.32 Å². The Kier molecular flexibility index (Phi) is 4.58. The van der Waals surface area contributed by atoms with Crippen molar-refractivity contribution in [2.45, 2.75) is 13.0 Å². The van der Waals surface area contributed by atoms with Crippen LogP contribution in [0.15, 0.2) is 42.5 Å². The van der Waals surface area contributed by atoms with Gasteiger partial charge in [-0.1, -0.05) is 24.3 Å². The van der Waals surface area contributed by atoms with Gasteiger partial charge in [0.2, 0.25) is 0 Å². The zero-order valence-electron chi connectivity index (χ0n) is 10.3. The van der Waals surface area contributed by atoms with E-state index in [9.17, 15) is 13.2 Å². The summed E-state index contributed by atoms with van der Waals surface area (Å²) in [6.07, 6.45) is 0.523. The van der Waals surface area contributed by atoms with E-state index in [0.29, 0.717) is 30.6 Å². The van der Waals surface area contributed by atoms with Crippen LogP contribution in [0.25, 0.3) is 0 Å². The molecule has 0 fully saturated rings. The molecule has 2 aromatic rings. The average molecular weight is 265 g/mol. The van der Waals surface area contributed by atoms with E-state index < -0.39 is 11.6 Å². The van der Waals surface area contributed by atoms with E-state index in [1.54, 1.807) is 18.2 Å². The fourth-order valence-electron chi connectivity index (χ4n) is 1.81. The number of hydrogen-bond donors (Lipinski definition) is 1. The molecule has 0 bridgehead atoms. The molecular weight excluding hydrogens is 251 g/mol. The Bertz CT molecular complexity index is 555. The normalized spacial score (nSPS) is 10.7. The molecule has 0 saturated carbocycles. The third-order valence-electron chi connectivity index (χ3n) is 2.86. The Morgan fingerprint density at radius 3 is 2.37 bits per heavy atom. The van der Waals surface area contributed by atoms with Gasteiger partial charge in [-0.25, -0.2) is 13.2 Å². The smallest absolute Gasteiger partial charge is 0.130 e. The van der Waals surface area contributed by atoms with Gasteiger partial charge in [0.15, 0.2) is 0 Å². The van der Waals surface area contributed by atoms with Gasteiger partial charge in [0.05, 0.1) is 0 Å². The third kappa shape index (κ3) is 3.83. The van der Waals surface area contributed by atoms with Crippen LogP contribution in [0.3, 0.4) is 0 Å². The molecule has 0 saturated heterocycles. The predicted octanol–water partition coefficient (Wildman–Crippen LogP) is 3.44. The van der Waals surface area contributed by atoms with Crippen LogP contribution in [-0.2, 0) is 13.0 Å². The summed E-state index contributed by atoms with van der Waals surface area (Å²) in [6, 6.07) is 10.0. The van der Waals surface area contributed by atoms with E-state index in [1.165, 1.54) is 18.2 Å². The molecule has 0 aromatic heterocycles. The van der Waals surface area contributed by atoms with Crippen LogP contribution in [0.5, 0.6) is 0 Å². The van der Waals surface area contributed by atoms with E-state index in [-0.39, 0.29) is 5.82 Å². The Morgan fingerprint density at radius 2 is 1.63 bits per heavy atom. The number of benzene rings is 2. The molecule has 2 aromatic carbocycles. The van der Waals surface area contributed by atoms with E-state index in [1.807, 2.05) is 0 Å². The first-order chi connectivity index (χ1) is 9.16. The molecule has 100 valence electrons. The second kappa shape index (κ2) is 6.38. The molecule has 0 radical (unpaired) electrons. The molecule has 0 heterocycles. The van der Waals surface area contributed by atoms with Crippen molar-refractivity contribution in [3.8, 4) is 0 Å². The van der Waals surface area contributed by atoms with Crippen molar-refractivity contribution in [1.29, 1.82) is 0 Å². The SMILES string of the molecule is Fc1ccc(CNCCc2ccccc2F)c(F)c1. The average Bonchev–Trinajstić information content (AvgIpc) is 2.38. The van der Waals surface area contributed by atoms with Gasteiger partial charge in [-0.3, -0.25) is 0 Å². The first-order valence-corrected chi connectivity index (χ1v) is 6.05. The van der Waals surface area contributed by atoms with E-state index in [4.69, 9.17) is 0 Å². The number of hydrogen-bond acceptors (Lipinski definition) is 1. The first kappa shape index (κ1) is 13.6. The van der Waals surface area contributed by atoms with Crippen molar-refractivity contribution < 1.29 is 13.2 Å². The summed E-state index contributed by atoms with van der Waals surface area (Å²) in [5, 5.41) is 3.01. The Balaban J connectivity index is 1.83. The summed E-state index contributed by atoms with van der Waals surface area (Å²) in [5.74, 6) is -1.40. The fourth-order valence-corrected chi connectivity index (χ4v) is 1.81. The third-order valence-corrected chi connectivity index (χ3v) is 2.86. The van der Waals surface area contributed by atoms with Crippen molar-refractivity contribution >= 4 is 0 Å². The topological polar surface area (TPSA) is 12.0 Å². The number of nitrogens with one attached hydrogen (secondary N) is 1. The Morgan fingerprint density at radius 1 is 0.842 bits per heavy atom. The van der Waals surface area contributed by atoms with Crippen LogP contribution in [0, 0.1) is 17.5 Å². The molecule has 4 heteroatoms. The molecule has 0 aliphatic carbocycles. The molecule has 19 heavy (non-hydrogen) atoms. The van der Waals surface area contributed by atoms with Gasteiger partial charge in [-0.2, -0.15) is 0 Å². The highest BCUT2D eigenvalue weighted by atomic mass is 19.1. The second-order valence-corrected chi connectivity index (χ2v) is 4.25. The van der Waals surface area contributed by atoms with Crippen molar-refractivity contribution in [3.05, 3.63) is 71.0 Å². The molecule has 0 aliphatic heterocycles. The molecule has 0 amide bonds. The maximum absolute atomic E-state index is 13.3. The molecule has 0 unspecified atom stereocenters. The number of halogens is 3. The van der Waals surface area contributed by atoms with Gasteiger partial charge in [-0.15, -0.1) is 0 Å². The summed E-state index contributed by atoms with van der Waals surface area (Å²) >= 11 is 0. The summed E-state index contributed by atoms with van der Waals surface area (Å²) in [6.45, 7) is 0.818. The molecular formula is C15H14F3N. The van der Waals surface area contributed by atoms with E-state index in [2.05, 4.69) is 5.32 Å². The lowest BCUT2D eigenvalue weighted by atomic mass is 10.1. The summed E-state index contributed by atoms with van der Waals surface area (Å²) in [4.78, 5) is 0. The van der Waals surface area contributed by atoms with E-state index in [0.717, 1.165) is 6.07 Å². The highest BCUT2D eigenvalue weighted by molar-refractivity contribution is 5.19. The van der Waals surface area contributed by atoms with Crippen LogP contribution >= 0.6 is 0 Å². The molecule has 0 atom stereocenters. The maximum Gasteiger partial charge on any atom is 0.130 e. The van der Waals surface area contributed by atoms with Crippen molar-refractivity contribution in [2.75, 3.05) is 6.54 Å². The van der Waals surface area contributed by atoms with Gasteiger partial charge in [0.25, 0.3) is 0 Å². The molecule has 0 aliphatic rings. The number of rotatable bonds is 5. The highest BCUT2D eigenvalue weighted by Crippen LogP contribution is 2.09. The van der Waals surface area contributed by atoms with Crippen molar-refractivity contribution in [3.63, 3.8) is 0 Å². The lowest BCUT2D eigenvalue weighted by Crippen LogP contribution is -2.18. The highest BCUT2D eigenvalue weighted by Gasteiger charge is 2.04. The molecule has 2 rings (SSSR count). The minimum Gasteiger partial charge on any atom is -0.312 e. The van der Waals surface area contributed by atoms with Gasteiger partial charge >= 0.3 is 0 Å². The monoisotopic (exact) mass is 265 g/mol. The van der Waals surface area contributed by atoms with Gasteiger partial charge in [0.1, 0.15) is 17.5 Å². The molecule has 1 N–H and O–H groups in total. The Hall–Kier alpha value is -1.81. The van der Waals surface area contributed by atoms with Gasteiger partial charge in [-0.05, 0) is 30.7 Å². The lowest BCUT2D eigenvalue weighted by Gasteiger charge is -2.07. The van der Waals surface area contributed by atoms with Gasteiger partial charge in [0, 0.05) is 18.2 Å². The standard InChI is InChI=1S/C15H14F3N/c16-13-6-5-12(15(18)9-13)10-19-8-7-11-3-1-2-4-14(11)17/h1-6,9,19H,7-8,10H2. The fraction of sp³-hybridized carbons (Fsp3) is 0.200. The first-order valence-electron chi connectivity index (χ1n) is 6.05. The van der Waals surface area contributed by atoms with Crippen molar-refractivity contribution in [2.24, 2.45) is 0 Å². The van der Waals surface area contributed by atoms with Crippen LogP contribution in [-0.4, -0.2) is 6.54 Å². The van der Waals surface area contributed by atoms with Gasteiger partial charge < -0.3 is 5.32 Å². The van der Waals surface area contributed by atoms with Crippen LogP contribution in [0.2, 0.25) is 0 Å². The zero-order valence-corrected chi connectivity index (χ0v) is 10.3. The largest absolute Gasteiger partial charge is 0.312 e. The minimum atomic E-state index is -0.590. The van der Waals surface area contributed by atoms with Crippen LogP contribution in [0.4, 0.5) is 13.2 Å². The quantitative estimate of drug-likeness (QED) is 0.817. The zero-order chi connectivity index (χ0) is 13.7. The Labute approximate surface area is 110 Å². The summed E-state index contributed by atoms with van der Waals surface area (Å²) < 4.78 is 39.3. The van der Waals surface area contributed by atoms with Crippen LogP contribution < -0.4 is 5.32 Å². The maximum atomic E-state index is 13.3. The summed E-state index contributed by atoms with van der Waals surface area (Å²) in [5.41, 5.74) is 1.02. The minimum absolute atomic E-state index is 0.239. The second-order valence-electron chi connectivity index (χ2n) is 4.25. The summed E-state index contributed by atoms with van der Waals surface area (Å²) in [7, 11) is 0. The van der Waals surface area contributed by atoms with E-state index >= 15 is 0 Å². The lowest BCUT2D eigenvalue weighted by molar-refractivity contribution is 0.557. The predicted molar refractivity (Wildman–Crippen MR) is 68.2 cm³/mol. The molecule has 0 spiro atoms. The van der Waals surface area contributed by atoms with Crippen LogP contribution in [0.1, 0.15) is 11.1 Å².